The predicted octanol–water partition coefficient (Wildman–Crippen LogP) is 3.05. The van der Waals surface area contributed by atoms with Gasteiger partial charge in [-0.2, -0.15) is 0 Å². The summed E-state index contributed by atoms with van der Waals surface area (Å²) in [5, 5.41) is 2.63. The minimum absolute atomic E-state index is 0.110. The van der Waals surface area contributed by atoms with Crippen LogP contribution >= 0.6 is 11.3 Å². The highest BCUT2D eigenvalue weighted by molar-refractivity contribution is 7.15. The maximum atomic E-state index is 11.8. The van der Waals surface area contributed by atoms with Crippen LogP contribution in [0, 0.1) is 6.92 Å². The van der Waals surface area contributed by atoms with Crippen LogP contribution in [0.4, 0.5) is 5.69 Å². The largest absolute Gasteiger partial charge is 0.451 e. The number of Topliss-reactive ketones (excluding diaryl/α,β-unsaturated/α-hetero) is 1. The lowest BCUT2D eigenvalue weighted by Crippen LogP contribution is -2.20. The average Bonchev–Trinajstić information content (AvgIpc) is 2.97. The fraction of sp³-hybridized carbons (Fsp3) is 0.188. The molecular weight excluding hydrogens is 302 g/mol. The summed E-state index contributed by atoms with van der Waals surface area (Å²) in [5.41, 5.74) is 1.73. The predicted molar refractivity (Wildman–Crippen MR) is 84.4 cm³/mol. The third-order valence-electron chi connectivity index (χ3n) is 2.82. The number of carbonyl (C=O) groups is 3. The Morgan fingerprint density at radius 1 is 1.05 bits per heavy atom. The van der Waals surface area contributed by atoms with Crippen molar-refractivity contribution in [2.75, 3.05) is 11.9 Å². The molecular formula is C16H15NO4S. The third kappa shape index (κ3) is 4.26. The molecule has 1 N–H and O–H groups in total. The van der Waals surface area contributed by atoms with Crippen molar-refractivity contribution in [3.05, 3.63) is 51.7 Å². The van der Waals surface area contributed by atoms with E-state index in [1.807, 2.05) is 19.1 Å². The zero-order chi connectivity index (χ0) is 16.1. The summed E-state index contributed by atoms with van der Waals surface area (Å²) < 4.78 is 4.93. The van der Waals surface area contributed by atoms with E-state index in [9.17, 15) is 14.4 Å². The first kappa shape index (κ1) is 15.9. The summed E-state index contributed by atoms with van der Waals surface area (Å²) in [6.07, 6.45) is 0. The van der Waals surface area contributed by atoms with Crippen LogP contribution in [0.2, 0.25) is 0 Å². The van der Waals surface area contributed by atoms with Gasteiger partial charge in [-0.25, -0.2) is 4.79 Å². The third-order valence-corrected chi connectivity index (χ3v) is 3.99. The molecule has 2 rings (SSSR count). The summed E-state index contributed by atoms with van der Waals surface area (Å²) >= 11 is 1.05. The van der Waals surface area contributed by atoms with Crippen LogP contribution in [0.3, 0.4) is 0 Å². The average molecular weight is 317 g/mol. The lowest BCUT2D eigenvalue weighted by molar-refractivity contribution is -0.119. The highest BCUT2D eigenvalue weighted by atomic mass is 32.1. The van der Waals surface area contributed by atoms with Crippen molar-refractivity contribution in [1.82, 2.24) is 0 Å². The van der Waals surface area contributed by atoms with Crippen molar-refractivity contribution in [3.63, 3.8) is 0 Å². The van der Waals surface area contributed by atoms with E-state index in [4.69, 9.17) is 4.74 Å². The minimum Gasteiger partial charge on any atom is -0.451 e. The van der Waals surface area contributed by atoms with Crippen molar-refractivity contribution >= 4 is 34.7 Å². The maximum Gasteiger partial charge on any atom is 0.348 e. The molecule has 1 amide bonds. The smallest absolute Gasteiger partial charge is 0.348 e. The molecule has 114 valence electrons. The van der Waals surface area contributed by atoms with Crippen LogP contribution in [0.5, 0.6) is 0 Å². The quantitative estimate of drug-likeness (QED) is 0.679. The summed E-state index contributed by atoms with van der Waals surface area (Å²) in [7, 11) is 0. The summed E-state index contributed by atoms with van der Waals surface area (Å²) in [5.74, 6) is -1.14. The Kier molecular flexibility index (Phi) is 5.06. The summed E-state index contributed by atoms with van der Waals surface area (Å²) in [6, 6.07) is 10.4. The molecule has 0 radical (unpaired) electrons. The van der Waals surface area contributed by atoms with Crippen molar-refractivity contribution in [3.8, 4) is 0 Å². The first-order valence-electron chi connectivity index (χ1n) is 6.60. The van der Waals surface area contributed by atoms with Crippen LogP contribution in [-0.2, 0) is 9.53 Å². The molecule has 0 saturated heterocycles. The molecule has 0 aliphatic rings. The molecule has 6 heteroatoms. The molecule has 22 heavy (non-hydrogen) atoms. The number of esters is 1. The van der Waals surface area contributed by atoms with Gasteiger partial charge in [-0.3, -0.25) is 9.59 Å². The highest BCUT2D eigenvalue weighted by Gasteiger charge is 2.14. The van der Waals surface area contributed by atoms with Gasteiger partial charge in [-0.15, -0.1) is 11.3 Å². The van der Waals surface area contributed by atoms with Gasteiger partial charge in [0.1, 0.15) is 4.88 Å². The first-order chi connectivity index (χ1) is 10.5. The molecule has 1 aromatic heterocycles. The second-order valence-electron chi connectivity index (χ2n) is 4.71. The highest BCUT2D eigenvalue weighted by Crippen LogP contribution is 2.18. The number of ether oxygens (including phenoxy) is 1. The molecule has 0 fully saturated rings. The molecule has 0 saturated carbocycles. The normalized spacial score (nSPS) is 10.1. The Bertz CT molecular complexity index is 703. The number of hydrogen-bond donors (Lipinski definition) is 1. The Hall–Kier alpha value is -2.47. The number of rotatable bonds is 5. The van der Waals surface area contributed by atoms with Crippen molar-refractivity contribution in [2.24, 2.45) is 0 Å². The lowest BCUT2D eigenvalue weighted by atomic mass is 10.2. The number of amides is 1. The molecule has 0 bridgehead atoms. The molecule has 0 aliphatic heterocycles. The number of thiophene rings is 1. The van der Waals surface area contributed by atoms with Gasteiger partial charge >= 0.3 is 5.97 Å². The molecule has 0 unspecified atom stereocenters. The van der Waals surface area contributed by atoms with E-state index >= 15 is 0 Å². The van der Waals surface area contributed by atoms with Gasteiger partial charge in [-0.05, 0) is 38.1 Å². The van der Waals surface area contributed by atoms with Crippen LogP contribution in [-0.4, -0.2) is 24.3 Å². The van der Waals surface area contributed by atoms with Gasteiger partial charge < -0.3 is 10.1 Å². The van der Waals surface area contributed by atoms with Gasteiger partial charge in [0.25, 0.3) is 5.91 Å². The summed E-state index contributed by atoms with van der Waals surface area (Å²) in [4.78, 5) is 35.4. The van der Waals surface area contributed by atoms with Crippen molar-refractivity contribution in [2.45, 2.75) is 13.8 Å². The Morgan fingerprint density at radius 2 is 1.68 bits per heavy atom. The van der Waals surface area contributed by atoms with Crippen LogP contribution in [0.1, 0.15) is 31.8 Å². The molecule has 1 heterocycles. The number of anilines is 1. The van der Waals surface area contributed by atoms with E-state index in [0.717, 1.165) is 16.9 Å². The molecule has 2 aromatic rings. The number of aryl methyl sites for hydroxylation is 1. The number of ketones is 1. The number of carbonyl (C=O) groups excluding carboxylic acids is 3. The van der Waals surface area contributed by atoms with Gasteiger partial charge in [0.05, 0.1) is 4.88 Å². The Balaban J connectivity index is 1.86. The topological polar surface area (TPSA) is 72.5 Å². The van der Waals surface area contributed by atoms with Gasteiger partial charge in [-0.1, -0.05) is 17.7 Å². The maximum absolute atomic E-state index is 11.8. The van der Waals surface area contributed by atoms with E-state index in [0.29, 0.717) is 15.4 Å². The second kappa shape index (κ2) is 7.00. The van der Waals surface area contributed by atoms with Gasteiger partial charge in [0, 0.05) is 5.69 Å². The minimum atomic E-state index is -0.614. The van der Waals surface area contributed by atoms with E-state index < -0.39 is 11.9 Å². The van der Waals surface area contributed by atoms with Crippen LogP contribution in [0.25, 0.3) is 0 Å². The number of benzene rings is 1. The second-order valence-corrected chi connectivity index (χ2v) is 5.79. The molecule has 0 atom stereocenters. The van der Waals surface area contributed by atoms with E-state index in [1.165, 1.54) is 13.0 Å². The van der Waals surface area contributed by atoms with Crippen LogP contribution in [0.15, 0.2) is 36.4 Å². The monoisotopic (exact) mass is 317 g/mol. The molecule has 1 aromatic carbocycles. The zero-order valence-electron chi connectivity index (χ0n) is 12.2. The van der Waals surface area contributed by atoms with Gasteiger partial charge in [0.2, 0.25) is 0 Å². The Labute approximate surface area is 131 Å². The fourth-order valence-corrected chi connectivity index (χ4v) is 2.47. The van der Waals surface area contributed by atoms with E-state index in [1.54, 1.807) is 18.2 Å². The lowest BCUT2D eigenvalue weighted by Gasteiger charge is -2.06. The standard InChI is InChI=1S/C16H15NO4S/c1-10-3-5-12(6-4-10)17-15(19)9-21-16(20)14-8-7-13(22-14)11(2)18/h3-8H,9H2,1-2H3,(H,17,19). The van der Waals surface area contributed by atoms with Crippen LogP contribution < -0.4 is 5.32 Å². The Morgan fingerprint density at radius 3 is 2.27 bits per heavy atom. The zero-order valence-corrected chi connectivity index (χ0v) is 13.0. The molecule has 0 spiro atoms. The van der Waals surface area contributed by atoms with Crippen molar-refractivity contribution in [1.29, 1.82) is 0 Å². The molecule has 5 nitrogen and oxygen atoms in total. The number of nitrogens with one attached hydrogen (secondary N) is 1. The van der Waals surface area contributed by atoms with E-state index in [2.05, 4.69) is 5.32 Å². The SMILES string of the molecule is CC(=O)c1ccc(C(=O)OCC(=O)Nc2ccc(C)cc2)s1. The molecule has 0 aliphatic carbocycles. The fourth-order valence-electron chi connectivity index (χ4n) is 1.67. The number of hydrogen-bond acceptors (Lipinski definition) is 5. The summed E-state index contributed by atoms with van der Waals surface area (Å²) in [6.45, 7) is 3.00. The van der Waals surface area contributed by atoms with Crippen molar-refractivity contribution < 1.29 is 19.1 Å². The van der Waals surface area contributed by atoms with Gasteiger partial charge in [0.15, 0.2) is 12.4 Å². The van der Waals surface area contributed by atoms with E-state index in [-0.39, 0.29) is 12.4 Å². The first-order valence-corrected chi connectivity index (χ1v) is 7.42.